The van der Waals surface area contributed by atoms with Crippen molar-refractivity contribution < 1.29 is 9.59 Å². The third-order valence-electron chi connectivity index (χ3n) is 4.62. The van der Waals surface area contributed by atoms with Gasteiger partial charge >= 0.3 is 0 Å². The molecule has 0 aliphatic carbocycles. The van der Waals surface area contributed by atoms with Crippen LogP contribution in [0.25, 0.3) is 0 Å². The number of amides is 2. The monoisotopic (exact) mass is 362 g/mol. The summed E-state index contributed by atoms with van der Waals surface area (Å²) in [6.07, 6.45) is 4.38. The Morgan fingerprint density at radius 3 is 2.60 bits per heavy atom. The second-order valence-corrected chi connectivity index (χ2v) is 7.85. The van der Waals surface area contributed by atoms with Crippen LogP contribution in [0.5, 0.6) is 0 Å². The van der Waals surface area contributed by atoms with Crippen LogP contribution in [0, 0.1) is 0 Å². The normalized spacial score (nSPS) is 21.2. The summed E-state index contributed by atoms with van der Waals surface area (Å²) in [4.78, 5) is 27.4. The Morgan fingerprint density at radius 2 is 1.96 bits per heavy atom. The lowest BCUT2D eigenvalue weighted by atomic mass is 10.1. The first-order chi connectivity index (χ1) is 12.1. The highest BCUT2D eigenvalue weighted by atomic mass is 32.2. The van der Waals surface area contributed by atoms with Crippen molar-refractivity contribution in [3.63, 3.8) is 0 Å². The average molecular weight is 363 g/mol. The highest BCUT2D eigenvalue weighted by molar-refractivity contribution is 8.00. The summed E-state index contributed by atoms with van der Waals surface area (Å²) in [5.74, 6) is 0.778. The zero-order valence-electron chi connectivity index (χ0n) is 15.5. The van der Waals surface area contributed by atoms with E-state index in [1.165, 1.54) is 0 Å². The molecule has 2 amide bonds. The number of carbonyl (C=O) groups excluding carboxylic acids is 2. The lowest BCUT2D eigenvalue weighted by Crippen LogP contribution is -2.50. The molecule has 0 spiro atoms. The first kappa shape index (κ1) is 19.8. The van der Waals surface area contributed by atoms with Crippen molar-refractivity contribution in [2.75, 3.05) is 5.75 Å². The Hall–Kier alpha value is -1.49. The summed E-state index contributed by atoms with van der Waals surface area (Å²) >= 11 is 1.74. The van der Waals surface area contributed by atoms with Crippen molar-refractivity contribution in [2.45, 2.75) is 70.3 Å². The molecule has 3 unspecified atom stereocenters. The Kier molecular flexibility index (Phi) is 7.82. The summed E-state index contributed by atoms with van der Waals surface area (Å²) < 4.78 is 0. The fourth-order valence-corrected chi connectivity index (χ4v) is 4.70. The third kappa shape index (κ3) is 5.24. The van der Waals surface area contributed by atoms with Crippen molar-refractivity contribution in [2.24, 2.45) is 0 Å². The van der Waals surface area contributed by atoms with E-state index in [4.69, 9.17) is 0 Å². The van der Waals surface area contributed by atoms with Gasteiger partial charge in [-0.25, -0.2) is 0 Å². The highest BCUT2D eigenvalue weighted by Crippen LogP contribution is 2.33. The van der Waals surface area contributed by atoms with E-state index in [9.17, 15) is 9.59 Å². The number of hydrogen-bond acceptors (Lipinski definition) is 3. The maximum Gasteiger partial charge on any atom is 0.244 e. The van der Waals surface area contributed by atoms with Gasteiger partial charge in [0.25, 0.3) is 0 Å². The molecule has 1 aliphatic rings. The van der Waals surface area contributed by atoms with Gasteiger partial charge in [-0.2, -0.15) is 0 Å². The molecule has 1 aromatic carbocycles. The molecule has 1 heterocycles. The minimum absolute atomic E-state index is 0.0349. The topological polar surface area (TPSA) is 49.4 Å². The van der Waals surface area contributed by atoms with Crippen LogP contribution in [0.2, 0.25) is 0 Å². The summed E-state index contributed by atoms with van der Waals surface area (Å²) in [6, 6.07) is 9.53. The van der Waals surface area contributed by atoms with E-state index in [1.807, 2.05) is 42.2 Å². The number of rotatable bonds is 8. The minimum Gasteiger partial charge on any atom is -0.348 e. The van der Waals surface area contributed by atoms with Crippen LogP contribution in [0.1, 0.15) is 64.5 Å². The largest absolute Gasteiger partial charge is 0.348 e. The van der Waals surface area contributed by atoms with Crippen molar-refractivity contribution in [1.82, 2.24) is 10.2 Å². The Balaban J connectivity index is 2.06. The number of carbonyl (C=O) groups is 2. The molecule has 138 valence electrons. The molecule has 1 fully saturated rings. The summed E-state index contributed by atoms with van der Waals surface area (Å²) in [5.41, 5.74) is 1.08. The fraction of sp³-hybridized carbons (Fsp3) is 0.600. The van der Waals surface area contributed by atoms with Gasteiger partial charge < -0.3 is 10.2 Å². The van der Waals surface area contributed by atoms with E-state index in [2.05, 4.69) is 19.2 Å². The smallest absolute Gasteiger partial charge is 0.244 e. The second-order valence-electron chi connectivity index (χ2n) is 6.64. The number of thioether (sulfide) groups is 1. The van der Waals surface area contributed by atoms with Crippen LogP contribution in [-0.2, 0) is 9.59 Å². The van der Waals surface area contributed by atoms with Crippen molar-refractivity contribution in [3.8, 4) is 0 Å². The van der Waals surface area contributed by atoms with Gasteiger partial charge in [-0.15, -0.1) is 11.8 Å². The van der Waals surface area contributed by atoms with Gasteiger partial charge in [0.05, 0.1) is 11.4 Å². The lowest BCUT2D eigenvalue weighted by molar-refractivity contribution is -0.140. The molecule has 0 saturated carbocycles. The van der Waals surface area contributed by atoms with Crippen molar-refractivity contribution in [1.29, 1.82) is 0 Å². The molecular weight excluding hydrogens is 332 g/mol. The second kappa shape index (κ2) is 9.85. The Morgan fingerprint density at radius 1 is 1.24 bits per heavy atom. The van der Waals surface area contributed by atoms with Crippen LogP contribution < -0.4 is 5.32 Å². The van der Waals surface area contributed by atoms with E-state index in [0.717, 1.165) is 31.2 Å². The van der Waals surface area contributed by atoms with Crippen molar-refractivity contribution in [3.05, 3.63) is 35.9 Å². The van der Waals surface area contributed by atoms with Crippen LogP contribution in [0.4, 0.5) is 0 Å². The van der Waals surface area contributed by atoms with E-state index < -0.39 is 0 Å². The van der Waals surface area contributed by atoms with Gasteiger partial charge in [-0.3, -0.25) is 9.59 Å². The summed E-state index contributed by atoms with van der Waals surface area (Å²) in [6.45, 7) is 6.20. The predicted octanol–water partition coefficient (Wildman–Crippen LogP) is 4.12. The molecule has 1 N–H and O–H groups in total. The van der Waals surface area contributed by atoms with Gasteiger partial charge in [0.15, 0.2) is 0 Å². The van der Waals surface area contributed by atoms with Gasteiger partial charge in [0.1, 0.15) is 6.04 Å². The first-order valence-corrected chi connectivity index (χ1v) is 10.4. The van der Waals surface area contributed by atoms with E-state index in [1.54, 1.807) is 11.8 Å². The maximum atomic E-state index is 12.8. The van der Waals surface area contributed by atoms with Crippen molar-refractivity contribution >= 4 is 23.6 Å². The van der Waals surface area contributed by atoms with Crippen LogP contribution in [-0.4, -0.2) is 33.9 Å². The molecule has 5 heteroatoms. The number of hydrogen-bond donors (Lipinski definition) is 1. The standard InChI is InChI=1S/C20H30N2O2S/c1-4-6-13-18(23)22-17(14-25-19(22)10-5-2)20(24)21-15(3)16-11-8-7-9-12-16/h7-9,11-12,15,17,19H,4-6,10,13-14H2,1-3H3,(H,21,24). The quantitative estimate of drug-likeness (QED) is 0.757. The van der Waals surface area contributed by atoms with Gasteiger partial charge in [-0.05, 0) is 25.3 Å². The Bertz CT molecular complexity index is 564. The SMILES string of the molecule is CCCCC(=O)N1C(CCC)SCC1C(=O)NC(C)c1ccccc1. The van der Waals surface area contributed by atoms with Gasteiger partial charge in [0, 0.05) is 12.2 Å². The minimum atomic E-state index is -0.350. The third-order valence-corrected chi connectivity index (χ3v) is 5.98. The van der Waals surface area contributed by atoms with Gasteiger partial charge in [0.2, 0.25) is 11.8 Å². The zero-order chi connectivity index (χ0) is 18.2. The molecule has 0 radical (unpaired) electrons. The zero-order valence-corrected chi connectivity index (χ0v) is 16.3. The summed E-state index contributed by atoms with van der Waals surface area (Å²) in [5, 5.41) is 3.23. The van der Waals surface area contributed by atoms with E-state index in [0.29, 0.717) is 12.2 Å². The highest BCUT2D eigenvalue weighted by Gasteiger charge is 2.40. The molecule has 1 aliphatic heterocycles. The molecule has 1 saturated heterocycles. The molecule has 25 heavy (non-hydrogen) atoms. The van der Waals surface area contributed by atoms with E-state index in [-0.39, 0.29) is 29.3 Å². The predicted molar refractivity (Wildman–Crippen MR) is 104 cm³/mol. The molecule has 2 rings (SSSR count). The Labute approximate surface area is 155 Å². The van der Waals surface area contributed by atoms with Crippen LogP contribution in [0.3, 0.4) is 0 Å². The number of unbranched alkanes of at least 4 members (excludes halogenated alkanes) is 1. The fourth-order valence-electron chi connectivity index (χ4n) is 3.16. The number of nitrogens with zero attached hydrogens (tertiary/aromatic N) is 1. The first-order valence-electron chi connectivity index (χ1n) is 9.36. The molecule has 3 atom stereocenters. The number of benzene rings is 1. The van der Waals surface area contributed by atoms with Crippen LogP contribution >= 0.6 is 11.8 Å². The molecule has 0 bridgehead atoms. The van der Waals surface area contributed by atoms with Gasteiger partial charge in [-0.1, -0.05) is 57.0 Å². The van der Waals surface area contributed by atoms with Crippen LogP contribution in [0.15, 0.2) is 30.3 Å². The molecule has 1 aromatic rings. The average Bonchev–Trinajstić information content (AvgIpc) is 3.04. The summed E-state index contributed by atoms with van der Waals surface area (Å²) in [7, 11) is 0. The lowest BCUT2D eigenvalue weighted by Gasteiger charge is -2.29. The molecule has 4 nitrogen and oxygen atoms in total. The van der Waals surface area contributed by atoms with E-state index >= 15 is 0 Å². The number of nitrogens with one attached hydrogen (secondary N) is 1. The molecule has 0 aromatic heterocycles. The maximum absolute atomic E-state index is 12.8. The molecular formula is C20H30N2O2S.